The molecular weight excluding hydrogens is 138 g/mol. The molecule has 0 atom stereocenters. The van der Waals surface area contributed by atoms with Crippen molar-refractivity contribution in [1.29, 1.82) is 0 Å². The van der Waals surface area contributed by atoms with Gasteiger partial charge in [-0.05, 0) is 18.0 Å². The maximum Gasteiger partial charge on any atom is 0.242 e. The first-order valence-electron chi connectivity index (χ1n) is 2.89. The molecule has 1 rings (SSSR count). The summed E-state index contributed by atoms with van der Waals surface area (Å²) < 4.78 is 0. The van der Waals surface area contributed by atoms with Crippen LogP contribution in [-0.4, -0.2) is 15.2 Å². The van der Waals surface area contributed by atoms with E-state index in [2.05, 4.69) is 22.1 Å². The lowest BCUT2D eigenvalue weighted by Crippen LogP contribution is -1.84. The van der Waals surface area contributed by atoms with E-state index >= 15 is 0 Å². The maximum absolute atomic E-state index is 5.44. The van der Waals surface area contributed by atoms with Crippen LogP contribution in [0, 0.1) is 0 Å². The Morgan fingerprint density at radius 3 is 2.89 bits per heavy atom. The number of nitrogens with zero attached hydrogens (tertiary/aromatic N) is 2. The number of rotatable bonds is 2. The molecule has 1 aromatic heterocycles. The summed E-state index contributed by atoms with van der Waals surface area (Å²) in [6, 6.07) is 0. The molecule has 0 saturated carbocycles. The number of hydrogen-bond donors (Lipinski definition) is 1. The summed E-state index contributed by atoms with van der Waals surface area (Å²) in [5, 5.41) is 6.68. The zero-order valence-electron chi connectivity index (χ0n) is 5.19. The smallest absolute Gasteiger partial charge is 0.242 e. The van der Waals surface area contributed by atoms with Gasteiger partial charge in [0.15, 0.2) is 0 Å². The summed E-state index contributed by atoms with van der Waals surface area (Å²) in [5.74, 6) is 0.863. The van der Waals surface area contributed by atoms with E-state index in [0.29, 0.717) is 5.28 Å². The SMILES string of the molecule is CCCc1nc(Cl)n[nH]1. The summed E-state index contributed by atoms with van der Waals surface area (Å²) >= 11 is 5.44. The van der Waals surface area contributed by atoms with Crippen molar-refractivity contribution in [3.63, 3.8) is 0 Å². The topological polar surface area (TPSA) is 41.6 Å². The van der Waals surface area contributed by atoms with Crippen molar-refractivity contribution >= 4 is 11.6 Å². The van der Waals surface area contributed by atoms with Crippen molar-refractivity contribution in [1.82, 2.24) is 15.2 Å². The lowest BCUT2D eigenvalue weighted by atomic mass is 10.3. The second-order valence-corrected chi connectivity index (χ2v) is 2.14. The quantitative estimate of drug-likeness (QED) is 0.684. The molecule has 50 valence electrons. The predicted molar refractivity (Wildman–Crippen MR) is 35.4 cm³/mol. The highest BCUT2D eigenvalue weighted by atomic mass is 35.5. The third-order valence-electron chi connectivity index (χ3n) is 0.991. The van der Waals surface area contributed by atoms with E-state index in [-0.39, 0.29) is 0 Å². The molecule has 4 heteroatoms. The molecule has 0 bridgehead atoms. The summed E-state index contributed by atoms with van der Waals surface area (Å²) in [6.45, 7) is 2.08. The van der Waals surface area contributed by atoms with E-state index in [1.54, 1.807) is 0 Å². The largest absolute Gasteiger partial charge is 0.262 e. The van der Waals surface area contributed by atoms with Crippen LogP contribution in [-0.2, 0) is 6.42 Å². The van der Waals surface area contributed by atoms with Gasteiger partial charge in [-0.15, -0.1) is 5.10 Å². The Kier molecular flexibility index (Phi) is 2.05. The van der Waals surface area contributed by atoms with Gasteiger partial charge >= 0.3 is 0 Å². The molecule has 0 aromatic carbocycles. The number of hydrogen-bond acceptors (Lipinski definition) is 2. The fourth-order valence-corrected chi connectivity index (χ4v) is 0.765. The zero-order valence-corrected chi connectivity index (χ0v) is 5.94. The summed E-state index contributed by atoms with van der Waals surface area (Å²) in [5.41, 5.74) is 0. The van der Waals surface area contributed by atoms with Gasteiger partial charge in [-0.1, -0.05) is 6.92 Å². The van der Waals surface area contributed by atoms with Gasteiger partial charge in [-0.3, -0.25) is 5.10 Å². The van der Waals surface area contributed by atoms with Crippen LogP contribution in [0.2, 0.25) is 5.28 Å². The van der Waals surface area contributed by atoms with Gasteiger partial charge in [0.1, 0.15) is 5.82 Å². The monoisotopic (exact) mass is 145 g/mol. The molecule has 0 saturated heterocycles. The molecule has 3 nitrogen and oxygen atoms in total. The van der Waals surface area contributed by atoms with Crippen molar-refractivity contribution in [2.24, 2.45) is 0 Å². The second kappa shape index (κ2) is 2.82. The van der Waals surface area contributed by atoms with Crippen molar-refractivity contribution in [2.45, 2.75) is 19.8 Å². The molecule has 0 aliphatic carbocycles. The first-order chi connectivity index (χ1) is 4.33. The van der Waals surface area contributed by atoms with Crippen molar-refractivity contribution in [3.05, 3.63) is 11.1 Å². The van der Waals surface area contributed by atoms with Crippen LogP contribution in [0.5, 0.6) is 0 Å². The Labute approximate surface area is 58.4 Å². The molecule has 1 heterocycles. The average molecular weight is 146 g/mol. The molecule has 0 unspecified atom stereocenters. The fourth-order valence-electron chi connectivity index (χ4n) is 0.621. The van der Waals surface area contributed by atoms with Crippen molar-refractivity contribution in [2.75, 3.05) is 0 Å². The number of aromatic amines is 1. The van der Waals surface area contributed by atoms with Gasteiger partial charge in [0.2, 0.25) is 5.28 Å². The normalized spacial score (nSPS) is 10.0. The molecule has 0 aliphatic heterocycles. The number of aryl methyl sites for hydroxylation is 1. The minimum absolute atomic E-state index is 0.304. The highest BCUT2D eigenvalue weighted by Gasteiger charge is 1.96. The average Bonchev–Trinajstić information content (AvgIpc) is 2.17. The van der Waals surface area contributed by atoms with Gasteiger partial charge in [-0.2, -0.15) is 0 Å². The number of nitrogens with one attached hydrogen (secondary N) is 1. The van der Waals surface area contributed by atoms with Crippen molar-refractivity contribution in [3.8, 4) is 0 Å². The minimum Gasteiger partial charge on any atom is -0.262 e. The molecule has 0 aliphatic rings. The van der Waals surface area contributed by atoms with Crippen LogP contribution in [0.25, 0.3) is 0 Å². The Morgan fingerprint density at radius 1 is 1.67 bits per heavy atom. The molecule has 1 aromatic rings. The van der Waals surface area contributed by atoms with E-state index in [0.717, 1.165) is 18.7 Å². The standard InChI is InChI=1S/C5H8ClN3/c1-2-3-4-7-5(6)9-8-4/h2-3H2,1H3,(H,7,8,9). The number of aromatic nitrogens is 3. The third kappa shape index (κ3) is 1.68. The van der Waals surface area contributed by atoms with Crippen molar-refractivity contribution < 1.29 is 0 Å². The van der Waals surface area contributed by atoms with Gasteiger partial charge in [-0.25, -0.2) is 4.98 Å². The summed E-state index contributed by atoms with van der Waals surface area (Å²) in [6.07, 6.45) is 1.98. The molecular formula is C5H8ClN3. The third-order valence-corrected chi connectivity index (χ3v) is 1.16. The second-order valence-electron chi connectivity index (χ2n) is 1.80. The zero-order chi connectivity index (χ0) is 6.69. The van der Waals surface area contributed by atoms with Crippen LogP contribution in [0.15, 0.2) is 0 Å². The van der Waals surface area contributed by atoms with E-state index < -0.39 is 0 Å². The minimum atomic E-state index is 0.304. The maximum atomic E-state index is 5.44. The van der Waals surface area contributed by atoms with E-state index in [4.69, 9.17) is 11.6 Å². The van der Waals surface area contributed by atoms with Crippen LogP contribution < -0.4 is 0 Å². The van der Waals surface area contributed by atoms with Gasteiger partial charge in [0.05, 0.1) is 0 Å². The lowest BCUT2D eigenvalue weighted by molar-refractivity contribution is 0.841. The van der Waals surface area contributed by atoms with Crippen LogP contribution in [0.4, 0.5) is 0 Å². The molecule has 0 radical (unpaired) electrons. The fraction of sp³-hybridized carbons (Fsp3) is 0.600. The van der Waals surface area contributed by atoms with Crippen LogP contribution >= 0.6 is 11.6 Å². The van der Waals surface area contributed by atoms with E-state index in [9.17, 15) is 0 Å². The first-order valence-corrected chi connectivity index (χ1v) is 3.27. The molecule has 0 fully saturated rings. The van der Waals surface area contributed by atoms with Gasteiger partial charge in [0.25, 0.3) is 0 Å². The molecule has 0 spiro atoms. The first kappa shape index (κ1) is 6.55. The Balaban J connectivity index is 2.61. The Bertz CT molecular complexity index is 184. The molecule has 0 amide bonds. The van der Waals surface area contributed by atoms with E-state index in [1.165, 1.54) is 0 Å². The number of halogens is 1. The van der Waals surface area contributed by atoms with Gasteiger partial charge < -0.3 is 0 Å². The molecule has 1 N–H and O–H groups in total. The summed E-state index contributed by atoms with van der Waals surface area (Å²) in [4.78, 5) is 3.90. The Hall–Kier alpha value is -0.570. The summed E-state index contributed by atoms with van der Waals surface area (Å²) in [7, 11) is 0. The van der Waals surface area contributed by atoms with Crippen LogP contribution in [0.1, 0.15) is 19.2 Å². The Morgan fingerprint density at radius 2 is 2.44 bits per heavy atom. The van der Waals surface area contributed by atoms with Crippen LogP contribution in [0.3, 0.4) is 0 Å². The molecule has 9 heavy (non-hydrogen) atoms. The lowest BCUT2D eigenvalue weighted by Gasteiger charge is -1.84. The number of H-pyrrole nitrogens is 1. The highest BCUT2D eigenvalue weighted by Crippen LogP contribution is 2.00. The predicted octanol–water partition coefficient (Wildman–Crippen LogP) is 1.41. The highest BCUT2D eigenvalue weighted by molar-refractivity contribution is 6.28. The van der Waals surface area contributed by atoms with E-state index in [1.807, 2.05) is 0 Å². The van der Waals surface area contributed by atoms with Gasteiger partial charge in [0, 0.05) is 6.42 Å².